The Kier molecular flexibility index (Phi) is 5.78. The van der Waals surface area contributed by atoms with E-state index in [0.29, 0.717) is 0 Å². The van der Waals surface area contributed by atoms with Gasteiger partial charge in [-0.15, -0.1) is 0 Å². The molecule has 3 heterocycles. The summed E-state index contributed by atoms with van der Waals surface area (Å²) in [6, 6.07) is 6.05. The first-order valence-electron chi connectivity index (χ1n) is 10.3. The van der Waals surface area contributed by atoms with Gasteiger partial charge in [-0.25, -0.2) is 9.78 Å². The van der Waals surface area contributed by atoms with Gasteiger partial charge in [-0.1, -0.05) is 18.9 Å². The summed E-state index contributed by atoms with van der Waals surface area (Å²) in [5.41, 5.74) is 0.134. The fourth-order valence-corrected chi connectivity index (χ4v) is 4.71. The van der Waals surface area contributed by atoms with Crippen molar-refractivity contribution in [1.82, 2.24) is 20.1 Å². The molecule has 0 unspecified atom stereocenters. The van der Waals surface area contributed by atoms with Gasteiger partial charge in [0.25, 0.3) is 0 Å². The largest absolute Gasteiger partial charge is 0.379 e. The molecule has 3 fully saturated rings. The minimum absolute atomic E-state index is 0.0789. The molecule has 1 aromatic heterocycles. The number of carbonyl (C=O) groups is 1. The number of piperazine rings is 1. The predicted octanol–water partition coefficient (Wildman–Crippen LogP) is 1.56. The van der Waals surface area contributed by atoms with E-state index in [1.165, 1.54) is 25.7 Å². The van der Waals surface area contributed by atoms with Crippen molar-refractivity contribution in [2.45, 2.75) is 31.2 Å². The Morgan fingerprint density at radius 3 is 2.48 bits per heavy atom. The monoisotopic (exact) mass is 373 g/mol. The minimum Gasteiger partial charge on any atom is -0.379 e. The van der Waals surface area contributed by atoms with Crippen LogP contribution in [0.5, 0.6) is 0 Å². The number of nitrogens with one attached hydrogen (secondary N) is 1. The van der Waals surface area contributed by atoms with Gasteiger partial charge in [0, 0.05) is 57.5 Å². The summed E-state index contributed by atoms with van der Waals surface area (Å²) in [6.45, 7) is 7.50. The van der Waals surface area contributed by atoms with Crippen LogP contribution in [0.1, 0.15) is 25.7 Å². The summed E-state index contributed by atoms with van der Waals surface area (Å²) in [4.78, 5) is 23.9. The van der Waals surface area contributed by atoms with Crippen molar-refractivity contribution in [1.29, 1.82) is 0 Å². The Morgan fingerprint density at radius 2 is 1.81 bits per heavy atom. The molecule has 0 atom stereocenters. The summed E-state index contributed by atoms with van der Waals surface area (Å²) < 4.78 is 5.52. The molecule has 3 aliphatic rings. The number of anilines is 1. The van der Waals surface area contributed by atoms with Crippen molar-refractivity contribution < 1.29 is 9.53 Å². The molecule has 0 bridgehead atoms. The van der Waals surface area contributed by atoms with Crippen LogP contribution < -0.4 is 10.2 Å². The Balaban J connectivity index is 1.29. The molecule has 2 saturated heterocycles. The summed E-state index contributed by atoms with van der Waals surface area (Å²) in [7, 11) is 0. The molecule has 7 nitrogen and oxygen atoms in total. The molecule has 1 aliphatic carbocycles. The first-order chi connectivity index (χ1) is 13.3. The van der Waals surface area contributed by atoms with Crippen LogP contribution in [0, 0.1) is 0 Å². The van der Waals surface area contributed by atoms with Crippen molar-refractivity contribution in [3.8, 4) is 0 Å². The maximum absolute atomic E-state index is 12.8. The Morgan fingerprint density at radius 1 is 1.07 bits per heavy atom. The molecule has 0 radical (unpaired) electrons. The Labute approximate surface area is 161 Å². The molecule has 1 N–H and O–H groups in total. The van der Waals surface area contributed by atoms with E-state index in [4.69, 9.17) is 4.74 Å². The number of aromatic nitrogens is 1. The fraction of sp³-hybridized carbons (Fsp3) is 0.700. The second-order valence-electron chi connectivity index (χ2n) is 7.85. The van der Waals surface area contributed by atoms with E-state index >= 15 is 0 Å². The first-order valence-corrected chi connectivity index (χ1v) is 10.3. The standard InChI is InChI=1S/C20H31N5O2/c26-19(24-11-9-23(10-12-24)18-5-1-4-8-21-18)22-17-20(6-2-3-7-20)25-13-15-27-16-14-25/h1,4-5,8H,2-3,6-7,9-17H2,(H,22,26). The summed E-state index contributed by atoms with van der Waals surface area (Å²) >= 11 is 0. The number of amides is 2. The molecule has 2 amide bonds. The third kappa shape index (κ3) is 4.19. The number of hydrogen-bond acceptors (Lipinski definition) is 5. The topological polar surface area (TPSA) is 60.9 Å². The lowest BCUT2D eigenvalue weighted by molar-refractivity contribution is -0.0197. The molecule has 4 rings (SSSR count). The smallest absolute Gasteiger partial charge is 0.317 e. The van der Waals surface area contributed by atoms with Crippen LogP contribution in [0.2, 0.25) is 0 Å². The lowest BCUT2D eigenvalue weighted by Crippen LogP contribution is -2.59. The van der Waals surface area contributed by atoms with Gasteiger partial charge in [-0.3, -0.25) is 4.90 Å². The van der Waals surface area contributed by atoms with Crippen LogP contribution in [-0.4, -0.2) is 85.4 Å². The predicted molar refractivity (Wildman–Crippen MR) is 105 cm³/mol. The normalized spacial score (nSPS) is 23.4. The van der Waals surface area contributed by atoms with Gasteiger partial charge >= 0.3 is 6.03 Å². The average Bonchev–Trinajstić information content (AvgIpc) is 3.24. The van der Waals surface area contributed by atoms with E-state index in [0.717, 1.165) is 64.8 Å². The molecule has 0 aromatic carbocycles. The Hall–Kier alpha value is -1.86. The van der Waals surface area contributed by atoms with Gasteiger partial charge < -0.3 is 19.9 Å². The van der Waals surface area contributed by atoms with E-state index in [2.05, 4.69) is 20.1 Å². The van der Waals surface area contributed by atoms with Crippen LogP contribution in [0.15, 0.2) is 24.4 Å². The molecular formula is C20H31N5O2. The van der Waals surface area contributed by atoms with Crippen LogP contribution in [0.4, 0.5) is 10.6 Å². The van der Waals surface area contributed by atoms with Crippen molar-refractivity contribution in [3.63, 3.8) is 0 Å². The molecule has 0 spiro atoms. The third-order valence-electron chi connectivity index (χ3n) is 6.33. The van der Waals surface area contributed by atoms with Crippen LogP contribution >= 0.6 is 0 Å². The SMILES string of the molecule is O=C(NCC1(N2CCOCC2)CCCC1)N1CCN(c2ccccn2)CC1. The highest BCUT2D eigenvalue weighted by atomic mass is 16.5. The third-order valence-corrected chi connectivity index (χ3v) is 6.33. The number of urea groups is 1. The van der Waals surface area contributed by atoms with Crippen molar-refractivity contribution in [2.75, 3.05) is 63.9 Å². The minimum atomic E-state index is 0.0789. The number of nitrogens with zero attached hydrogens (tertiary/aromatic N) is 4. The van der Waals surface area contributed by atoms with Gasteiger partial charge in [-0.2, -0.15) is 0 Å². The molecule has 1 saturated carbocycles. The van der Waals surface area contributed by atoms with Crippen LogP contribution in [0.25, 0.3) is 0 Å². The Bertz CT molecular complexity index is 606. The van der Waals surface area contributed by atoms with E-state index < -0.39 is 0 Å². The number of pyridine rings is 1. The summed E-state index contributed by atoms with van der Waals surface area (Å²) in [5.74, 6) is 0.995. The number of carbonyl (C=O) groups excluding carboxylic acids is 1. The lowest BCUT2D eigenvalue weighted by Gasteiger charge is -2.44. The number of rotatable bonds is 4. The molecular weight excluding hydrogens is 342 g/mol. The molecule has 148 valence electrons. The van der Waals surface area contributed by atoms with Gasteiger partial charge in [0.2, 0.25) is 0 Å². The van der Waals surface area contributed by atoms with Gasteiger partial charge in [0.1, 0.15) is 5.82 Å². The quantitative estimate of drug-likeness (QED) is 0.868. The van der Waals surface area contributed by atoms with Gasteiger partial charge in [-0.05, 0) is 25.0 Å². The average molecular weight is 374 g/mol. The van der Waals surface area contributed by atoms with Crippen molar-refractivity contribution >= 4 is 11.8 Å². The van der Waals surface area contributed by atoms with Crippen molar-refractivity contribution in [3.05, 3.63) is 24.4 Å². The maximum atomic E-state index is 12.8. The zero-order chi connectivity index (χ0) is 18.5. The highest BCUT2D eigenvalue weighted by Gasteiger charge is 2.40. The van der Waals surface area contributed by atoms with Gasteiger partial charge in [0.05, 0.1) is 13.2 Å². The zero-order valence-corrected chi connectivity index (χ0v) is 16.1. The lowest BCUT2D eigenvalue weighted by atomic mass is 9.94. The summed E-state index contributed by atoms with van der Waals surface area (Å²) in [6.07, 6.45) is 6.70. The molecule has 27 heavy (non-hydrogen) atoms. The van der Waals surface area contributed by atoms with Crippen molar-refractivity contribution in [2.24, 2.45) is 0 Å². The van der Waals surface area contributed by atoms with Crippen LogP contribution in [0.3, 0.4) is 0 Å². The van der Waals surface area contributed by atoms with E-state index in [9.17, 15) is 4.79 Å². The van der Waals surface area contributed by atoms with E-state index in [1.807, 2.05) is 29.3 Å². The van der Waals surface area contributed by atoms with E-state index in [-0.39, 0.29) is 11.6 Å². The number of hydrogen-bond donors (Lipinski definition) is 1. The molecule has 1 aromatic rings. The maximum Gasteiger partial charge on any atom is 0.317 e. The van der Waals surface area contributed by atoms with Crippen LogP contribution in [-0.2, 0) is 4.74 Å². The highest BCUT2D eigenvalue weighted by molar-refractivity contribution is 5.74. The molecule has 2 aliphatic heterocycles. The second-order valence-corrected chi connectivity index (χ2v) is 7.85. The fourth-order valence-electron chi connectivity index (χ4n) is 4.71. The van der Waals surface area contributed by atoms with Gasteiger partial charge in [0.15, 0.2) is 0 Å². The number of morpholine rings is 1. The second kappa shape index (κ2) is 8.44. The highest BCUT2D eigenvalue weighted by Crippen LogP contribution is 2.35. The zero-order valence-electron chi connectivity index (χ0n) is 16.1. The summed E-state index contributed by atoms with van der Waals surface area (Å²) in [5, 5.41) is 3.26. The molecule has 7 heteroatoms. The first kappa shape index (κ1) is 18.5. The number of ether oxygens (including phenoxy) is 1. The van der Waals surface area contributed by atoms with E-state index in [1.54, 1.807) is 0 Å².